The molecule has 0 aliphatic rings. The van der Waals surface area contributed by atoms with Crippen LogP contribution >= 0.6 is 0 Å². The Morgan fingerprint density at radius 2 is 1.55 bits per heavy atom. The maximum atomic E-state index is 8.84. The molecular weight excluding hydrogens is 260 g/mol. The van der Waals surface area contributed by atoms with E-state index in [9.17, 15) is 0 Å². The molecule has 0 atom stereocenters. The van der Waals surface area contributed by atoms with Crippen LogP contribution in [0.15, 0.2) is 24.3 Å². The van der Waals surface area contributed by atoms with Gasteiger partial charge in [-0.05, 0) is 22.7 Å². The maximum Gasteiger partial charge on any atom is 0.386 e. The topological polar surface area (TPSA) is 28.1 Å². The van der Waals surface area contributed by atoms with E-state index in [-0.39, 0.29) is 0 Å². The van der Waals surface area contributed by atoms with Crippen molar-refractivity contribution in [2.75, 3.05) is 0 Å². The number of benzene rings is 1. The highest BCUT2D eigenvalue weighted by Gasteiger charge is 2.41. The van der Waals surface area contributed by atoms with Crippen LogP contribution in [-0.4, -0.2) is 8.07 Å². The minimum absolute atomic E-state index is 0.558. The lowest BCUT2D eigenvalue weighted by Gasteiger charge is -2.38. The fraction of sp³-hybridized carbons (Fsp3) is 0.529. The third-order valence-electron chi connectivity index (χ3n) is 4.25. The molecule has 106 valence electrons. The van der Waals surface area contributed by atoms with E-state index in [1.807, 2.05) is 18.2 Å². The van der Waals surface area contributed by atoms with Gasteiger partial charge >= 0.3 is 5.69 Å². The second-order valence-electron chi connectivity index (χ2n) is 6.30. The van der Waals surface area contributed by atoms with Gasteiger partial charge in [-0.15, -0.1) is 5.54 Å². The monoisotopic (exact) mass is 285 g/mol. The van der Waals surface area contributed by atoms with Crippen molar-refractivity contribution < 1.29 is 0 Å². The van der Waals surface area contributed by atoms with Gasteiger partial charge < -0.3 is 0 Å². The van der Waals surface area contributed by atoms with Gasteiger partial charge in [-0.25, -0.2) is 0 Å². The SMILES string of the molecule is CC(C)[Si](C#Cc1cccc([N+]#N)c1)(C(C)C)C(C)C. The summed E-state index contributed by atoms with van der Waals surface area (Å²) in [6, 6.07) is 7.45. The van der Waals surface area contributed by atoms with Crippen molar-refractivity contribution in [3.8, 4) is 11.5 Å². The molecule has 0 N–H and O–H groups in total. The number of rotatable bonds is 3. The van der Waals surface area contributed by atoms with Crippen molar-refractivity contribution in [1.82, 2.24) is 0 Å². The molecule has 0 aliphatic carbocycles. The van der Waals surface area contributed by atoms with Crippen LogP contribution in [0.5, 0.6) is 0 Å². The van der Waals surface area contributed by atoms with E-state index in [0.29, 0.717) is 22.3 Å². The quantitative estimate of drug-likeness (QED) is 0.395. The summed E-state index contributed by atoms with van der Waals surface area (Å²) in [6.45, 7) is 13.8. The molecule has 0 aromatic heterocycles. The lowest BCUT2D eigenvalue weighted by Crippen LogP contribution is -2.43. The minimum Gasteiger partial charge on any atom is -0.125 e. The molecule has 0 fully saturated rings. The van der Waals surface area contributed by atoms with Gasteiger partial charge in [0.15, 0.2) is 4.98 Å². The zero-order valence-electron chi connectivity index (χ0n) is 13.4. The molecule has 0 spiro atoms. The molecule has 0 amide bonds. The van der Waals surface area contributed by atoms with Crippen molar-refractivity contribution >= 4 is 13.8 Å². The highest BCUT2D eigenvalue weighted by molar-refractivity contribution is 6.90. The third kappa shape index (κ3) is 3.29. The average Bonchev–Trinajstić information content (AvgIpc) is 2.38. The Morgan fingerprint density at radius 3 is 2.00 bits per heavy atom. The maximum absolute atomic E-state index is 8.84. The fourth-order valence-corrected chi connectivity index (χ4v) is 8.49. The lowest BCUT2D eigenvalue weighted by atomic mass is 10.2. The number of diazo groups is 1. The van der Waals surface area contributed by atoms with E-state index in [1.165, 1.54) is 0 Å². The molecule has 0 unspecified atom stereocenters. The molecule has 0 bridgehead atoms. The molecule has 0 saturated heterocycles. The number of nitrogens with zero attached hydrogens (tertiary/aromatic N) is 2. The van der Waals surface area contributed by atoms with Gasteiger partial charge in [0.2, 0.25) is 5.39 Å². The molecule has 0 saturated carbocycles. The summed E-state index contributed by atoms with van der Waals surface area (Å²) in [5, 5.41) is 8.84. The fourth-order valence-electron chi connectivity index (χ4n) is 3.26. The smallest absolute Gasteiger partial charge is 0.125 e. The second kappa shape index (κ2) is 6.73. The molecule has 1 rings (SSSR count). The second-order valence-corrected chi connectivity index (χ2v) is 11.9. The standard InChI is InChI=1S/C17H25N2Si/c1-13(2)20(14(3)4,15(5)6)11-10-16-8-7-9-17(12-16)19-18/h7-9,12-15H,1-6H3/q+1. The first-order chi connectivity index (χ1) is 9.34. The van der Waals surface area contributed by atoms with Crippen LogP contribution in [0.2, 0.25) is 16.6 Å². The van der Waals surface area contributed by atoms with Gasteiger partial charge in [0.05, 0.1) is 0 Å². The van der Waals surface area contributed by atoms with E-state index < -0.39 is 8.07 Å². The van der Waals surface area contributed by atoms with E-state index in [1.54, 1.807) is 6.07 Å². The van der Waals surface area contributed by atoms with Crippen LogP contribution in [0.3, 0.4) is 0 Å². The van der Waals surface area contributed by atoms with Crippen molar-refractivity contribution in [3.05, 3.63) is 34.8 Å². The van der Waals surface area contributed by atoms with E-state index >= 15 is 0 Å². The summed E-state index contributed by atoms with van der Waals surface area (Å²) < 4.78 is 0. The van der Waals surface area contributed by atoms with E-state index in [4.69, 9.17) is 5.39 Å². The zero-order chi connectivity index (χ0) is 15.3. The van der Waals surface area contributed by atoms with Crippen LogP contribution in [0.1, 0.15) is 47.1 Å². The summed E-state index contributed by atoms with van der Waals surface area (Å²) in [4.78, 5) is 3.22. The summed E-state index contributed by atoms with van der Waals surface area (Å²) in [6.07, 6.45) is 0. The highest BCUT2D eigenvalue weighted by atomic mass is 28.3. The Bertz CT molecular complexity index is 535. The molecule has 1 aromatic carbocycles. The number of hydrogen-bond donors (Lipinski definition) is 0. The predicted octanol–water partition coefficient (Wildman–Crippen LogP) is 5.74. The lowest BCUT2D eigenvalue weighted by molar-refractivity contribution is 0.838. The van der Waals surface area contributed by atoms with Gasteiger partial charge in [0.25, 0.3) is 0 Å². The Hall–Kier alpha value is -1.58. The van der Waals surface area contributed by atoms with Gasteiger partial charge in [0, 0.05) is 17.7 Å². The molecule has 2 nitrogen and oxygen atoms in total. The van der Waals surface area contributed by atoms with Gasteiger partial charge in [-0.1, -0.05) is 53.5 Å². The Balaban J connectivity index is 3.27. The molecule has 20 heavy (non-hydrogen) atoms. The van der Waals surface area contributed by atoms with Gasteiger partial charge in [-0.2, -0.15) is 0 Å². The van der Waals surface area contributed by atoms with Gasteiger partial charge in [0.1, 0.15) is 8.07 Å². The van der Waals surface area contributed by atoms with E-state index in [0.717, 1.165) is 5.56 Å². The average molecular weight is 285 g/mol. The zero-order valence-corrected chi connectivity index (χ0v) is 14.4. The summed E-state index contributed by atoms with van der Waals surface area (Å²) in [5.41, 5.74) is 7.03. The van der Waals surface area contributed by atoms with Crippen molar-refractivity contribution in [2.24, 2.45) is 0 Å². The van der Waals surface area contributed by atoms with Crippen molar-refractivity contribution in [3.63, 3.8) is 0 Å². The van der Waals surface area contributed by atoms with Crippen molar-refractivity contribution in [2.45, 2.75) is 58.2 Å². The number of hydrogen-bond acceptors (Lipinski definition) is 1. The molecule has 0 radical (unpaired) electrons. The molecule has 1 aromatic rings. The van der Waals surface area contributed by atoms with Crippen LogP contribution in [0.4, 0.5) is 5.69 Å². The third-order valence-corrected chi connectivity index (χ3v) is 10.5. The summed E-state index contributed by atoms with van der Waals surface area (Å²) in [5.74, 6) is 3.34. The summed E-state index contributed by atoms with van der Waals surface area (Å²) in [7, 11) is -1.69. The Kier molecular flexibility index (Phi) is 5.54. The molecular formula is C17H25N2Si+. The predicted molar refractivity (Wildman–Crippen MR) is 89.1 cm³/mol. The molecule has 3 heteroatoms. The summed E-state index contributed by atoms with van der Waals surface area (Å²) >= 11 is 0. The van der Waals surface area contributed by atoms with Crippen molar-refractivity contribution in [1.29, 1.82) is 5.39 Å². The van der Waals surface area contributed by atoms with Crippen LogP contribution in [0.25, 0.3) is 4.98 Å². The molecule has 0 heterocycles. The first-order valence-electron chi connectivity index (χ1n) is 7.33. The minimum atomic E-state index is -1.69. The molecule has 0 aliphatic heterocycles. The highest BCUT2D eigenvalue weighted by Crippen LogP contribution is 2.40. The van der Waals surface area contributed by atoms with Crippen LogP contribution < -0.4 is 0 Å². The Morgan fingerprint density at radius 1 is 1.00 bits per heavy atom. The Labute approximate surface area is 124 Å². The van der Waals surface area contributed by atoms with Crippen LogP contribution in [-0.2, 0) is 0 Å². The first kappa shape index (κ1) is 16.5. The largest absolute Gasteiger partial charge is 0.386 e. The normalized spacial score (nSPS) is 11.4. The van der Waals surface area contributed by atoms with E-state index in [2.05, 4.69) is 58.0 Å². The van der Waals surface area contributed by atoms with Gasteiger partial charge in [-0.3, -0.25) is 0 Å². The van der Waals surface area contributed by atoms with Crippen LogP contribution in [0, 0.1) is 16.9 Å². The first-order valence-corrected chi connectivity index (χ1v) is 9.56.